The number of benzene rings is 11. The zero-order valence-corrected chi connectivity index (χ0v) is 35.5. The first-order chi connectivity index (χ1) is 30.3. The summed E-state index contributed by atoms with van der Waals surface area (Å²) < 4.78 is 0. The molecule has 0 amide bonds. The molecule has 0 heterocycles. The minimum absolute atomic E-state index is 0.149. The van der Waals surface area contributed by atoms with Crippen LogP contribution < -0.4 is 0 Å². The molecule has 2 aliphatic rings. The number of fused-ring (bicyclic) bond motifs is 15. The second-order valence-corrected chi connectivity index (χ2v) is 18.7. The molecule has 0 nitrogen and oxygen atoms in total. The van der Waals surface area contributed by atoms with Gasteiger partial charge in [-0.25, -0.2) is 0 Å². The van der Waals surface area contributed by atoms with Crippen molar-refractivity contribution < 1.29 is 0 Å². The van der Waals surface area contributed by atoms with E-state index < -0.39 is 0 Å². The van der Waals surface area contributed by atoms with Gasteiger partial charge in [-0.1, -0.05) is 204 Å². The van der Waals surface area contributed by atoms with E-state index in [1.165, 1.54) is 132 Å². The fraction of sp³-hybridized carbons (Fsp3) is 0.0968. The van der Waals surface area contributed by atoms with Crippen LogP contribution in [0.4, 0.5) is 0 Å². The molecule has 0 radical (unpaired) electrons. The van der Waals surface area contributed by atoms with Crippen molar-refractivity contribution >= 4 is 53.9 Å². The second kappa shape index (κ2) is 12.6. The van der Waals surface area contributed by atoms with E-state index >= 15 is 0 Å². The monoisotopic (exact) mass is 788 g/mol. The first kappa shape index (κ1) is 35.5. The Kier molecular flexibility index (Phi) is 7.23. The summed E-state index contributed by atoms with van der Waals surface area (Å²) in [7, 11) is 0. The summed E-state index contributed by atoms with van der Waals surface area (Å²) in [5, 5.41) is 13.0. The zero-order valence-electron chi connectivity index (χ0n) is 35.5. The Morgan fingerprint density at radius 2 is 0.581 bits per heavy atom. The molecule has 2 aliphatic carbocycles. The van der Waals surface area contributed by atoms with Crippen LogP contribution in [0.1, 0.15) is 49.9 Å². The van der Waals surface area contributed by atoms with Crippen molar-refractivity contribution in [3.63, 3.8) is 0 Å². The van der Waals surface area contributed by atoms with Gasteiger partial charge in [-0.3, -0.25) is 0 Å². The Hall–Kier alpha value is -7.28. The van der Waals surface area contributed by atoms with Crippen molar-refractivity contribution in [1.29, 1.82) is 0 Å². The van der Waals surface area contributed by atoms with Gasteiger partial charge in [-0.15, -0.1) is 0 Å². The minimum atomic E-state index is -0.216. The van der Waals surface area contributed by atoms with Gasteiger partial charge in [0.25, 0.3) is 0 Å². The number of rotatable bonds is 3. The summed E-state index contributed by atoms with van der Waals surface area (Å²) in [5.41, 5.74) is 18.5. The average Bonchev–Trinajstić information content (AvgIpc) is 3.70. The van der Waals surface area contributed by atoms with Crippen LogP contribution in [0.25, 0.3) is 109 Å². The van der Waals surface area contributed by atoms with Gasteiger partial charge in [0.1, 0.15) is 0 Å². The van der Waals surface area contributed by atoms with Crippen molar-refractivity contribution in [2.45, 2.75) is 38.5 Å². The molecule has 0 bridgehead atoms. The highest BCUT2D eigenvalue weighted by atomic mass is 14.4. The average molecular weight is 789 g/mol. The summed E-state index contributed by atoms with van der Waals surface area (Å²) >= 11 is 0. The topological polar surface area (TPSA) is 0 Å². The second-order valence-electron chi connectivity index (χ2n) is 18.7. The van der Waals surface area contributed by atoms with E-state index in [4.69, 9.17) is 0 Å². The highest BCUT2D eigenvalue weighted by molar-refractivity contribution is 6.20. The first-order valence-electron chi connectivity index (χ1n) is 22.1. The van der Waals surface area contributed by atoms with Crippen LogP contribution in [-0.2, 0) is 10.8 Å². The van der Waals surface area contributed by atoms with E-state index in [1.54, 1.807) is 0 Å². The summed E-state index contributed by atoms with van der Waals surface area (Å²) in [5.74, 6) is 0. The van der Waals surface area contributed by atoms with Gasteiger partial charge in [0.15, 0.2) is 0 Å². The van der Waals surface area contributed by atoms with Gasteiger partial charge in [0.2, 0.25) is 0 Å². The fourth-order valence-corrected chi connectivity index (χ4v) is 11.8. The Bertz CT molecular complexity index is 3730. The van der Waals surface area contributed by atoms with Crippen molar-refractivity contribution in [1.82, 2.24) is 0 Å². The van der Waals surface area contributed by atoms with Crippen LogP contribution in [0, 0.1) is 0 Å². The summed E-state index contributed by atoms with van der Waals surface area (Å²) in [6.07, 6.45) is 0. The van der Waals surface area contributed by atoms with Gasteiger partial charge in [-0.05, 0) is 150 Å². The SMILES string of the molecule is CC1(C)c2ccc3ccccc3c2-c2c1cc(-c1ccc(-c3cc4c(c5ccccc35)-c3c(cc(-c5ccccc5)c5ccccc35)C4(C)C)c3ccccc13)c1ccccc21. The molecule has 0 unspecified atom stereocenters. The zero-order chi connectivity index (χ0) is 41.5. The lowest BCUT2D eigenvalue weighted by atomic mass is 9.78. The van der Waals surface area contributed by atoms with Crippen molar-refractivity contribution in [3.05, 3.63) is 216 Å². The van der Waals surface area contributed by atoms with Crippen LogP contribution in [0.15, 0.2) is 194 Å². The quantitative estimate of drug-likeness (QED) is 0.167. The van der Waals surface area contributed by atoms with Crippen molar-refractivity contribution in [3.8, 4) is 55.6 Å². The van der Waals surface area contributed by atoms with E-state index in [-0.39, 0.29) is 10.8 Å². The maximum atomic E-state index is 2.55. The smallest absolute Gasteiger partial charge is 0.0159 e. The maximum Gasteiger partial charge on any atom is 0.0159 e. The molecule has 13 rings (SSSR count). The molecule has 0 fully saturated rings. The molecular weight excluding hydrogens is 745 g/mol. The molecule has 0 aliphatic heterocycles. The normalized spacial score (nSPS) is 14.4. The molecule has 11 aromatic carbocycles. The molecule has 0 saturated carbocycles. The van der Waals surface area contributed by atoms with Gasteiger partial charge in [0, 0.05) is 10.8 Å². The summed E-state index contributed by atoms with van der Waals surface area (Å²) in [4.78, 5) is 0. The third-order valence-corrected chi connectivity index (χ3v) is 14.8. The predicted molar refractivity (Wildman–Crippen MR) is 265 cm³/mol. The van der Waals surface area contributed by atoms with Crippen LogP contribution in [0.5, 0.6) is 0 Å². The lowest BCUT2D eigenvalue weighted by Crippen LogP contribution is -2.15. The molecule has 0 N–H and O–H groups in total. The lowest BCUT2D eigenvalue weighted by Gasteiger charge is -2.24. The van der Waals surface area contributed by atoms with Gasteiger partial charge < -0.3 is 0 Å². The van der Waals surface area contributed by atoms with Crippen LogP contribution in [0.2, 0.25) is 0 Å². The van der Waals surface area contributed by atoms with Crippen LogP contribution in [0.3, 0.4) is 0 Å². The highest BCUT2D eigenvalue weighted by Gasteiger charge is 2.40. The lowest BCUT2D eigenvalue weighted by molar-refractivity contribution is 0.661. The maximum absolute atomic E-state index is 2.55. The van der Waals surface area contributed by atoms with E-state index in [1.807, 2.05) is 0 Å². The highest BCUT2D eigenvalue weighted by Crippen LogP contribution is 2.58. The molecule has 0 saturated heterocycles. The van der Waals surface area contributed by atoms with E-state index in [2.05, 4.69) is 222 Å². The molecule has 0 atom stereocenters. The first-order valence-corrected chi connectivity index (χ1v) is 22.1. The fourth-order valence-electron chi connectivity index (χ4n) is 11.8. The standard InChI is InChI=1S/C62H44/c1-61(2)53-33-30-38-20-8-9-21-39(38)57(53)58-48-28-16-13-25-43(48)51(35-55(58)61)45-31-32-46(41-23-11-10-22-40(41)45)52-36-56-60(49-29-17-14-26-44(49)52)59-47-27-15-12-24-42(47)50(34-54(59)62(56,3)4)37-18-6-5-7-19-37/h5-36H,1-4H3. The molecule has 0 aromatic heterocycles. The number of hydrogen-bond acceptors (Lipinski definition) is 0. The van der Waals surface area contributed by atoms with Gasteiger partial charge in [0.05, 0.1) is 0 Å². The largest absolute Gasteiger partial charge is 0.0622 e. The molecule has 292 valence electrons. The number of hydrogen-bond donors (Lipinski definition) is 0. The Morgan fingerprint density at radius 3 is 1.06 bits per heavy atom. The van der Waals surface area contributed by atoms with Crippen molar-refractivity contribution in [2.75, 3.05) is 0 Å². The minimum Gasteiger partial charge on any atom is -0.0622 e. The summed E-state index contributed by atoms with van der Waals surface area (Å²) in [6, 6.07) is 73.3. The van der Waals surface area contributed by atoms with Gasteiger partial charge in [-0.2, -0.15) is 0 Å². The third kappa shape index (κ3) is 4.67. The predicted octanol–water partition coefficient (Wildman–Crippen LogP) is 17.1. The molecular formula is C62H44. The molecule has 0 spiro atoms. The van der Waals surface area contributed by atoms with Crippen molar-refractivity contribution in [2.24, 2.45) is 0 Å². The van der Waals surface area contributed by atoms with Gasteiger partial charge >= 0.3 is 0 Å². The molecule has 0 heteroatoms. The Labute approximate surface area is 362 Å². The molecule has 62 heavy (non-hydrogen) atoms. The Balaban J connectivity index is 1.05. The van der Waals surface area contributed by atoms with E-state index in [9.17, 15) is 0 Å². The van der Waals surface area contributed by atoms with E-state index in [0.29, 0.717) is 0 Å². The van der Waals surface area contributed by atoms with Crippen LogP contribution in [-0.4, -0.2) is 0 Å². The van der Waals surface area contributed by atoms with E-state index in [0.717, 1.165) is 0 Å². The molecule has 11 aromatic rings. The Morgan fingerprint density at radius 1 is 0.242 bits per heavy atom. The summed E-state index contributed by atoms with van der Waals surface area (Å²) in [6.45, 7) is 9.69. The van der Waals surface area contributed by atoms with Crippen LogP contribution >= 0.6 is 0 Å². The third-order valence-electron chi connectivity index (χ3n) is 14.8.